The van der Waals surface area contributed by atoms with Crippen LogP contribution in [0.2, 0.25) is 0 Å². The molecule has 1 aromatic carbocycles. The number of rotatable bonds is 6. The molecule has 1 N–H and O–H groups in total. The molecule has 0 bridgehead atoms. The molecule has 0 spiro atoms. The summed E-state index contributed by atoms with van der Waals surface area (Å²) in [5.41, 5.74) is 1.68. The van der Waals surface area contributed by atoms with Crippen molar-refractivity contribution >= 4 is 5.91 Å². The molecule has 0 saturated carbocycles. The number of benzene rings is 1. The summed E-state index contributed by atoms with van der Waals surface area (Å²) >= 11 is 0. The van der Waals surface area contributed by atoms with Crippen molar-refractivity contribution in [2.75, 3.05) is 33.3 Å². The van der Waals surface area contributed by atoms with E-state index >= 15 is 0 Å². The molecule has 1 aliphatic rings. The first kappa shape index (κ1) is 14.9. The second kappa shape index (κ2) is 7.29. The van der Waals surface area contributed by atoms with Crippen LogP contribution in [0.15, 0.2) is 18.2 Å². The number of ether oxygens (including phenoxy) is 1. The van der Waals surface area contributed by atoms with Crippen molar-refractivity contribution in [2.24, 2.45) is 0 Å². The Labute approximate surface area is 121 Å². The topological polar surface area (TPSA) is 41.6 Å². The van der Waals surface area contributed by atoms with Crippen molar-refractivity contribution in [3.63, 3.8) is 0 Å². The largest absolute Gasteiger partial charge is 0.496 e. The summed E-state index contributed by atoms with van der Waals surface area (Å²) < 4.78 is 5.20. The van der Waals surface area contributed by atoms with Gasteiger partial charge >= 0.3 is 0 Å². The van der Waals surface area contributed by atoms with Crippen LogP contribution in [0.4, 0.5) is 0 Å². The number of nitrogens with zero attached hydrogens (tertiary/aromatic N) is 1. The van der Waals surface area contributed by atoms with Gasteiger partial charge in [-0.05, 0) is 69.6 Å². The molecule has 4 heteroatoms. The van der Waals surface area contributed by atoms with Gasteiger partial charge < -0.3 is 15.0 Å². The van der Waals surface area contributed by atoms with Crippen LogP contribution in [0, 0.1) is 6.92 Å². The zero-order valence-corrected chi connectivity index (χ0v) is 12.4. The van der Waals surface area contributed by atoms with Gasteiger partial charge in [0.2, 0.25) is 0 Å². The van der Waals surface area contributed by atoms with Crippen molar-refractivity contribution in [2.45, 2.75) is 26.2 Å². The number of carbonyl (C=O) groups excluding carboxylic acids is 1. The van der Waals surface area contributed by atoms with Gasteiger partial charge in [0.15, 0.2) is 0 Å². The predicted octanol–water partition coefficient (Wildman–Crippen LogP) is 2.22. The number of aryl methyl sites for hydroxylation is 1. The van der Waals surface area contributed by atoms with Crippen LogP contribution in [0.3, 0.4) is 0 Å². The third-order valence-electron chi connectivity index (χ3n) is 3.79. The van der Waals surface area contributed by atoms with Gasteiger partial charge in [-0.15, -0.1) is 0 Å². The quantitative estimate of drug-likeness (QED) is 0.810. The summed E-state index contributed by atoms with van der Waals surface area (Å²) in [5.74, 6) is 0.813. The Morgan fingerprint density at radius 1 is 1.35 bits per heavy atom. The maximum absolute atomic E-state index is 12.0. The molecule has 0 unspecified atom stereocenters. The maximum Gasteiger partial charge on any atom is 0.251 e. The molecule has 2 rings (SSSR count). The molecule has 1 heterocycles. The Kier molecular flexibility index (Phi) is 5.41. The number of likely N-dealkylation sites (tertiary alicyclic amines) is 1. The van der Waals surface area contributed by atoms with Crippen LogP contribution in [-0.2, 0) is 0 Å². The average Bonchev–Trinajstić information content (AvgIpc) is 2.96. The molecule has 0 aromatic heterocycles. The average molecular weight is 276 g/mol. The molecule has 0 aliphatic carbocycles. The van der Waals surface area contributed by atoms with Gasteiger partial charge in [0.1, 0.15) is 5.75 Å². The molecule has 1 aromatic rings. The Morgan fingerprint density at radius 3 is 2.75 bits per heavy atom. The van der Waals surface area contributed by atoms with E-state index in [1.165, 1.54) is 25.9 Å². The minimum Gasteiger partial charge on any atom is -0.496 e. The fourth-order valence-corrected chi connectivity index (χ4v) is 2.63. The number of amides is 1. The summed E-state index contributed by atoms with van der Waals surface area (Å²) in [6, 6.07) is 5.52. The Bertz CT molecular complexity index is 454. The SMILES string of the molecule is COc1ccc(C(=O)NCCCN2CCCC2)cc1C. The molecule has 0 radical (unpaired) electrons. The van der Waals surface area contributed by atoms with Crippen LogP contribution >= 0.6 is 0 Å². The summed E-state index contributed by atoms with van der Waals surface area (Å²) in [6.07, 6.45) is 3.65. The van der Waals surface area contributed by atoms with Crippen molar-refractivity contribution in [3.8, 4) is 5.75 Å². The van der Waals surface area contributed by atoms with Crippen LogP contribution in [0.5, 0.6) is 5.75 Å². The lowest BCUT2D eigenvalue weighted by atomic mass is 10.1. The van der Waals surface area contributed by atoms with Gasteiger partial charge in [-0.2, -0.15) is 0 Å². The first-order valence-corrected chi connectivity index (χ1v) is 7.36. The normalized spacial score (nSPS) is 15.3. The zero-order chi connectivity index (χ0) is 14.4. The first-order valence-electron chi connectivity index (χ1n) is 7.36. The van der Waals surface area contributed by atoms with Crippen LogP contribution < -0.4 is 10.1 Å². The van der Waals surface area contributed by atoms with Gasteiger partial charge in [0.25, 0.3) is 5.91 Å². The maximum atomic E-state index is 12.0. The number of methoxy groups -OCH3 is 1. The minimum absolute atomic E-state index is 0.00262. The van der Waals surface area contributed by atoms with E-state index in [9.17, 15) is 4.79 Å². The summed E-state index contributed by atoms with van der Waals surface area (Å²) in [4.78, 5) is 14.5. The van der Waals surface area contributed by atoms with E-state index < -0.39 is 0 Å². The molecule has 4 nitrogen and oxygen atoms in total. The highest BCUT2D eigenvalue weighted by atomic mass is 16.5. The Hall–Kier alpha value is -1.55. The highest BCUT2D eigenvalue weighted by Gasteiger charge is 2.11. The van der Waals surface area contributed by atoms with Crippen molar-refractivity contribution in [3.05, 3.63) is 29.3 Å². The molecule has 110 valence electrons. The number of hydrogen-bond donors (Lipinski definition) is 1. The highest BCUT2D eigenvalue weighted by Crippen LogP contribution is 2.18. The first-order chi connectivity index (χ1) is 9.70. The second-order valence-corrected chi connectivity index (χ2v) is 5.34. The van der Waals surface area contributed by atoms with Gasteiger partial charge in [0, 0.05) is 12.1 Å². The van der Waals surface area contributed by atoms with Gasteiger partial charge in [-0.25, -0.2) is 0 Å². The molecule has 1 amide bonds. The molecule has 1 fully saturated rings. The van der Waals surface area contributed by atoms with Crippen molar-refractivity contribution in [1.29, 1.82) is 0 Å². The second-order valence-electron chi connectivity index (χ2n) is 5.34. The molecule has 0 atom stereocenters. The zero-order valence-electron chi connectivity index (χ0n) is 12.4. The van der Waals surface area contributed by atoms with Gasteiger partial charge in [0.05, 0.1) is 7.11 Å². The van der Waals surface area contributed by atoms with Gasteiger partial charge in [-0.1, -0.05) is 0 Å². The smallest absolute Gasteiger partial charge is 0.251 e. The molecular weight excluding hydrogens is 252 g/mol. The Morgan fingerprint density at radius 2 is 2.10 bits per heavy atom. The van der Waals surface area contributed by atoms with Crippen LogP contribution in [-0.4, -0.2) is 44.1 Å². The monoisotopic (exact) mass is 276 g/mol. The lowest BCUT2D eigenvalue weighted by molar-refractivity contribution is 0.0952. The summed E-state index contributed by atoms with van der Waals surface area (Å²) in [7, 11) is 1.64. The Balaban J connectivity index is 1.75. The standard InChI is InChI=1S/C16H24N2O2/c1-13-12-14(6-7-15(13)20-2)16(19)17-8-5-11-18-9-3-4-10-18/h6-7,12H,3-5,8-11H2,1-2H3,(H,17,19). The highest BCUT2D eigenvalue weighted by molar-refractivity contribution is 5.94. The van der Waals surface area contributed by atoms with E-state index in [1.807, 2.05) is 25.1 Å². The van der Waals surface area contributed by atoms with Gasteiger partial charge in [-0.3, -0.25) is 4.79 Å². The number of carbonyl (C=O) groups is 1. The lowest BCUT2D eigenvalue weighted by Crippen LogP contribution is -2.28. The molecule has 1 saturated heterocycles. The summed E-state index contributed by atoms with van der Waals surface area (Å²) in [6.45, 7) is 6.20. The third-order valence-corrected chi connectivity index (χ3v) is 3.79. The van der Waals surface area contributed by atoms with E-state index in [2.05, 4.69) is 10.2 Å². The van der Waals surface area contributed by atoms with E-state index in [0.29, 0.717) is 5.56 Å². The predicted molar refractivity (Wildman–Crippen MR) is 80.4 cm³/mol. The van der Waals surface area contributed by atoms with E-state index in [-0.39, 0.29) is 5.91 Å². The number of hydrogen-bond acceptors (Lipinski definition) is 3. The summed E-state index contributed by atoms with van der Waals surface area (Å²) in [5, 5.41) is 2.98. The van der Waals surface area contributed by atoms with E-state index in [1.54, 1.807) is 7.11 Å². The fraction of sp³-hybridized carbons (Fsp3) is 0.562. The lowest BCUT2D eigenvalue weighted by Gasteiger charge is -2.14. The van der Waals surface area contributed by atoms with Crippen LogP contribution in [0.25, 0.3) is 0 Å². The third kappa shape index (κ3) is 3.97. The van der Waals surface area contributed by atoms with Crippen LogP contribution in [0.1, 0.15) is 35.2 Å². The fourth-order valence-electron chi connectivity index (χ4n) is 2.63. The van der Waals surface area contributed by atoms with E-state index in [4.69, 9.17) is 4.74 Å². The van der Waals surface area contributed by atoms with E-state index in [0.717, 1.165) is 30.8 Å². The molecular formula is C16H24N2O2. The molecule has 1 aliphatic heterocycles. The molecule has 20 heavy (non-hydrogen) atoms. The minimum atomic E-state index is -0.00262. The van der Waals surface area contributed by atoms with Crippen molar-refractivity contribution in [1.82, 2.24) is 10.2 Å². The number of nitrogens with one attached hydrogen (secondary N) is 1. The van der Waals surface area contributed by atoms with Crippen molar-refractivity contribution < 1.29 is 9.53 Å².